The van der Waals surface area contributed by atoms with Crippen LogP contribution in [0.25, 0.3) is 0 Å². The molecule has 1 saturated heterocycles. The molecule has 1 fully saturated rings. The molecule has 0 saturated carbocycles. The summed E-state index contributed by atoms with van der Waals surface area (Å²) in [7, 11) is 3.24. The summed E-state index contributed by atoms with van der Waals surface area (Å²) >= 11 is 0. The van der Waals surface area contributed by atoms with Crippen molar-refractivity contribution in [2.24, 2.45) is 0 Å². The van der Waals surface area contributed by atoms with Crippen LogP contribution in [-0.4, -0.2) is 62.9 Å². The first-order chi connectivity index (χ1) is 9.55. The summed E-state index contributed by atoms with van der Waals surface area (Å²) in [5.74, 6) is -0.169. The number of methoxy groups -OCH3 is 2. The van der Waals surface area contributed by atoms with Gasteiger partial charge < -0.3 is 19.7 Å². The van der Waals surface area contributed by atoms with Crippen LogP contribution >= 0.6 is 0 Å². The third-order valence-electron chi connectivity index (χ3n) is 4.22. The van der Waals surface area contributed by atoms with Crippen molar-refractivity contribution in [1.29, 1.82) is 0 Å². The molecule has 5 nitrogen and oxygen atoms in total. The van der Waals surface area contributed by atoms with Gasteiger partial charge in [-0.05, 0) is 45.7 Å². The van der Waals surface area contributed by atoms with Crippen molar-refractivity contribution in [3.05, 3.63) is 0 Å². The van der Waals surface area contributed by atoms with E-state index in [0.29, 0.717) is 6.10 Å². The van der Waals surface area contributed by atoms with E-state index in [4.69, 9.17) is 9.47 Å². The van der Waals surface area contributed by atoms with Crippen molar-refractivity contribution >= 4 is 5.97 Å². The average molecular weight is 286 g/mol. The standard InChI is InChI=1S/C15H30N2O3/c1-5-16-15(2,14(18)20-4)9-6-10-17-11-7-13(19-3)8-12-17/h13,16H,5-12H2,1-4H3. The number of carbonyl (C=O) groups excluding carboxylic acids is 1. The van der Waals surface area contributed by atoms with Gasteiger partial charge in [0.05, 0.1) is 13.2 Å². The van der Waals surface area contributed by atoms with E-state index in [-0.39, 0.29) is 5.97 Å². The van der Waals surface area contributed by atoms with Gasteiger partial charge in [-0.2, -0.15) is 0 Å². The Morgan fingerprint density at radius 2 is 2.00 bits per heavy atom. The van der Waals surface area contributed by atoms with Crippen LogP contribution in [0.4, 0.5) is 0 Å². The van der Waals surface area contributed by atoms with Gasteiger partial charge in [-0.15, -0.1) is 0 Å². The second-order valence-electron chi connectivity index (χ2n) is 5.73. The minimum absolute atomic E-state index is 0.169. The SMILES string of the molecule is CCNC(C)(CCCN1CCC(OC)CC1)C(=O)OC. The second kappa shape index (κ2) is 8.60. The molecular formula is C15H30N2O3. The van der Waals surface area contributed by atoms with Gasteiger partial charge in [0, 0.05) is 20.2 Å². The van der Waals surface area contributed by atoms with Crippen LogP contribution < -0.4 is 5.32 Å². The molecule has 0 aliphatic carbocycles. The van der Waals surface area contributed by atoms with Crippen LogP contribution in [0.5, 0.6) is 0 Å². The molecule has 0 amide bonds. The van der Waals surface area contributed by atoms with Gasteiger partial charge in [0.15, 0.2) is 0 Å². The zero-order valence-corrected chi connectivity index (χ0v) is 13.4. The van der Waals surface area contributed by atoms with Crippen LogP contribution in [0.15, 0.2) is 0 Å². The van der Waals surface area contributed by atoms with Crippen LogP contribution in [0, 0.1) is 0 Å². The molecule has 0 aromatic rings. The van der Waals surface area contributed by atoms with Crippen molar-refractivity contribution < 1.29 is 14.3 Å². The summed E-state index contributed by atoms with van der Waals surface area (Å²) in [5, 5.41) is 3.25. The first-order valence-electron chi connectivity index (χ1n) is 7.64. The van der Waals surface area contributed by atoms with Crippen LogP contribution in [-0.2, 0) is 14.3 Å². The Morgan fingerprint density at radius 1 is 1.35 bits per heavy atom. The minimum Gasteiger partial charge on any atom is -0.468 e. The van der Waals surface area contributed by atoms with Crippen molar-refractivity contribution in [3.8, 4) is 0 Å². The molecule has 5 heteroatoms. The van der Waals surface area contributed by atoms with Gasteiger partial charge in [0.2, 0.25) is 0 Å². The molecule has 0 aromatic carbocycles. The fourth-order valence-electron chi connectivity index (χ4n) is 2.90. The van der Waals surface area contributed by atoms with E-state index in [1.807, 2.05) is 13.8 Å². The van der Waals surface area contributed by atoms with Gasteiger partial charge in [-0.3, -0.25) is 4.79 Å². The number of esters is 1. The summed E-state index contributed by atoms with van der Waals surface area (Å²) in [4.78, 5) is 14.3. The smallest absolute Gasteiger partial charge is 0.325 e. The summed E-state index contributed by atoms with van der Waals surface area (Å²) < 4.78 is 10.3. The Hall–Kier alpha value is -0.650. The molecule has 0 spiro atoms. The Morgan fingerprint density at radius 3 is 2.50 bits per heavy atom. The van der Waals surface area contributed by atoms with E-state index >= 15 is 0 Å². The molecule has 1 atom stereocenters. The lowest BCUT2D eigenvalue weighted by Crippen LogP contribution is -2.50. The molecule has 1 heterocycles. The van der Waals surface area contributed by atoms with Crippen LogP contribution in [0.1, 0.15) is 39.5 Å². The molecule has 1 aliphatic heterocycles. The molecule has 1 N–H and O–H groups in total. The molecule has 20 heavy (non-hydrogen) atoms. The third kappa shape index (κ3) is 5.04. The number of hydrogen-bond acceptors (Lipinski definition) is 5. The summed E-state index contributed by atoms with van der Waals surface area (Å²) in [6.45, 7) is 7.93. The van der Waals surface area contributed by atoms with E-state index in [0.717, 1.165) is 51.9 Å². The predicted molar refractivity (Wildman–Crippen MR) is 79.8 cm³/mol. The molecule has 0 radical (unpaired) electrons. The number of hydrogen-bond donors (Lipinski definition) is 1. The molecule has 1 rings (SSSR count). The number of piperidine rings is 1. The zero-order valence-electron chi connectivity index (χ0n) is 13.4. The van der Waals surface area contributed by atoms with Crippen molar-refractivity contribution in [3.63, 3.8) is 0 Å². The molecular weight excluding hydrogens is 256 g/mol. The van der Waals surface area contributed by atoms with Gasteiger partial charge in [-0.1, -0.05) is 6.92 Å². The van der Waals surface area contributed by atoms with Gasteiger partial charge in [-0.25, -0.2) is 0 Å². The highest BCUT2D eigenvalue weighted by Crippen LogP contribution is 2.17. The molecule has 0 bridgehead atoms. The van der Waals surface area contributed by atoms with E-state index in [2.05, 4.69) is 10.2 Å². The Bertz CT molecular complexity index is 291. The maximum absolute atomic E-state index is 11.9. The highest BCUT2D eigenvalue weighted by Gasteiger charge is 2.33. The van der Waals surface area contributed by atoms with E-state index < -0.39 is 5.54 Å². The maximum Gasteiger partial charge on any atom is 0.325 e. The lowest BCUT2D eigenvalue weighted by Gasteiger charge is -2.32. The summed E-state index contributed by atoms with van der Waals surface area (Å²) in [5.41, 5.74) is -0.561. The highest BCUT2D eigenvalue weighted by molar-refractivity contribution is 5.80. The Balaban J connectivity index is 2.32. The number of nitrogens with zero attached hydrogens (tertiary/aromatic N) is 1. The lowest BCUT2D eigenvalue weighted by atomic mass is 9.95. The number of rotatable bonds is 8. The van der Waals surface area contributed by atoms with Crippen molar-refractivity contribution in [2.75, 3.05) is 40.4 Å². The first-order valence-corrected chi connectivity index (χ1v) is 7.64. The number of likely N-dealkylation sites (N-methyl/N-ethyl adjacent to an activating group) is 1. The third-order valence-corrected chi connectivity index (χ3v) is 4.22. The topological polar surface area (TPSA) is 50.8 Å². The molecule has 118 valence electrons. The Labute approximate surface area is 123 Å². The van der Waals surface area contributed by atoms with E-state index in [9.17, 15) is 4.79 Å². The summed E-state index contributed by atoms with van der Waals surface area (Å²) in [6, 6.07) is 0. The lowest BCUT2D eigenvalue weighted by molar-refractivity contribution is -0.148. The van der Waals surface area contributed by atoms with Crippen molar-refractivity contribution in [2.45, 2.75) is 51.2 Å². The monoisotopic (exact) mass is 286 g/mol. The largest absolute Gasteiger partial charge is 0.468 e. The highest BCUT2D eigenvalue weighted by atomic mass is 16.5. The molecule has 0 aromatic heterocycles. The van der Waals surface area contributed by atoms with Crippen molar-refractivity contribution in [1.82, 2.24) is 10.2 Å². The predicted octanol–water partition coefficient (Wildman–Crippen LogP) is 1.42. The molecule has 1 aliphatic rings. The zero-order chi connectivity index (χ0) is 15.0. The van der Waals surface area contributed by atoms with Crippen LogP contribution in [0.2, 0.25) is 0 Å². The first kappa shape index (κ1) is 17.4. The fourth-order valence-corrected chi connectivity index (χ4v) is 2.90. The van der Waals surface area contributed by atoms with E-state index in [1.54, 1.807) is 7.11 Å². The minimum atomic E-state index is -0.561. The molecule has 1 unspecified atom stereocenters. The number of nitrogens with one attached hydrogen (secondary N) is 1. The number of ether oxygens (including phenoxy) is 2. The quantitative estimate of drug-likeness (QED) is 0.684. The number of carbonyl (C=O) groups is 1. The second-order valence-corrected chi connectivity index (χ2v) is 5.73. The maximum atomic E-state index is 11.9. The Kier molecular flexibility index (Phi) is 7.48. The van der Waals surface area contributed by atoms with Gasteiger partial charge in [0.25, 0.3) is 0 Å². The van der Waals surface area contributed by atoms with Gasteiger partial charge in [0.1, 0.15) is 5.54 Å². The van der Waals surface area contributed by atoms with E-state index in [1.165, 1.54) is 7.11 Å². The average Bonchev–Trinajstić information content (AvgIpc) is 2.47. The normalized spacial score (nSPS) is 20.6. The number of likely N-dealkylation sites (tertiary alicyclic amines) is 1. The van der Waals surface area contributed by atoms with Crippen LogP contribution in [0.3, 0.4) is 0 Å². The fraction of sp³-hybridized carbons (Fsp3) is 0.933. The van der Waals surface area contributed by atoms with Gasteiger partial charge >= 0.3 is 5.97 Å². The summed E-state index contributed by atoms with van der Waals surface area (Å²) in [6.07, 6.45) is 4.44.